The van der Waals surface area contributed by atoms with Crippen molar-refractivity contribution in [2.24, 2.45) is 0 Å². The van der Waals surface area contributed by atoms with Gasteiger partial charge in [-0.3, -0.25) is 4.79 Å². The van der Waals surface area contributed by atoms with Crippen LogP contribution in [0.25, 0.3) is 0 Å². The number of carbonyl (C=O) groups excluding carboxylic acids is 1. The zero-order valence-corrected chi connectivity index (χ0v) is 14.3. The molecular formula is C20H14ClF2NO2. The second-order valence-corrected chi connectivity index (χ2v) is 5.90. The number of halogens is 3. The monoisotopic (exact) mass is 373 g/mol. The van der Waals surface area contributed by atoms with Crippen LogP contribution < -0.4 is 10.1 Å². The molecule has 26 heavy (non-hydrogen) atoms. The molecule has 132 valence electrons. The van der Waals surface area contributed by atoms with Crippen molar-refractivity contribution in [3.63, 3.8) is 0 Å². The van der Waals surface area contributed by atoms with Crippen LogP contribution in [0.3, 0.4) is 0 Å². The number of anilines is 1. The van der Waals surface area contributed by atoms with Crippen LogP contribution in [0.1, 0.15) is 15.9 Å². The van der Waals surface area contributed by atoms with Crippen LogP contribution in [0, 0.1) is 11.6 Å². The van der Waals surface area contributed by atoms with Crippen LogP contribution in [0.5, 0.6) is 5.75 Å². The van der Waals surface area contributed by atoms with E-state index in [1.54, 1.807) is 36.4 Å². The first-order chi connectivity index (χ1) is 12.5. The number of carbonyl (C=O) groups is 1. The molecule has 0 aromatic heterocycles. The second-order valence-electron chi connectivity index (χ2n) is 5.49. The van der Waals surface area contributed by atoms with E-state index in [2.05, 4.69) is 5.32 Å². The Morgan fingerprint density at radius 2 is 1.65 bits per heavy atom. The summed E-state index contributed by atoms with van der Waals surface area (Å²) < 4.78 is 31.8. The first-order valence-corrected chi connectivity index (χ1v) is 8.13. The van der Waals surface area contributed by atoms with Gasteiger partial charge in [0.2, 0.25) is 0 Å². The number of hydrogen-bond donors (Lipinski definition) is 1. The Labute approximate surface area is 154 Å². The van der Waals surface area contributed by atoms with Gasteiger partial charge in [0, 0.05) is 0 Å². The molecule has 0 atom stereocenters. The number of nitrogens with one attached hydrogen (secondary N) is 1. The molecule has 0 radical (unpaired) electrons. The van der Waals surface area contributed by atoms with Gasteiger partial charge in [-0.25, -0.2) is 8.78 Å². The maximum absolute atomic E-state index is 13.1. The molecule has 0 saturated carbocycles. The fraction of sp³-hybridized carbons (Fsp3) is 0.0500. The summed E-state index contributed by atoms with van der Waals surface area (Å²) in [6.07, 6.45) is 0. The van der Waals surface area contributed by atoms with Crippen LogP contribution in [0.4, 0.5) is 14.5 Å². The van der Waals surface area contributed by atoms with Crippen LogP contribution in [-0.4, -0.2) is 5.91 Å². The van der Waals surface area contributed by atoms with Crippen LogP contribution in [-0.2, 0) is 6.61 Å². The molecule has 0 fully saturated rings. The highest BCUT2D eigenvalue weighted by molar-refractivity contribution is 6.34. The van der Waals surface area contributed by atoms with E-state index in [9.17, 15) is 13.6 Å². The lowest BCUT2D eigenvalue weighted by Gasteiger charge is -2.12. The Bertz CT molecular complexity index is 929. The first kappa shape index (κ1) is 17.9. The van der Waals surface area contributed by atoms with Crippen LogP contribution >= 0.6 is 11.6 Å². The molecule has 0 saturated heterocycles. The average molecular weight is 374 g/mol. The van der Waals surface area contributed by atoms with Gasteiger partial charge >= 0.3 is 0 Å². The van der Waals surface area contributed by atoms with Gasteiger partial charge in [-0.05, 0) is 48.0 Å². The highest BCUT2D eigenvalue weighted by Crippen LogP contribution is 2.25. The van der Waals surface area contributed by atoms with Gasteiger partial charge in [-0.15, -0.1) is 0 Å². The fourth-order valence-corrected chi connectivity index (χ4v) is 2.52. The lowest BCUT2D eigenvalue weighted by Crippen LogP contribution is -2.14. The molecular weight excluding hydrogens is 360 g/mol. The van der Waals surface area contributed by atoms with Gasteiger partial charge < -0.3 is 10.1 Å². The minimum absolute atomic E-state index is 0.100. The Morgan fingerprint density at radius 3 is 2.38 bits per heavy atom. The predicted octanol–water partition coefficient (Wildman–Crippen LogP) is 5.45. The Morgan fingerprint density at radius 1 is 0.962 bits per heavy atom. The summed E-state index contributed by atoms with van der Waals surface area (Å²) in [4.78, 5) is 12.5. The zero-order valence-electron chi connectivity index (χ0n) is 13.5. The number of rotatable bonds is 5. The first-order valence-electron chi connectivity index (χ1n) is 7.75. The van der Waals surface area contributed by atoms with E-state index in [0.717, 1.165) is 11.6 Å². The standard InChI is InChI=1S/C20H14ClF2NO2/c21-17-11-15(23)9-10-18(17)24-20(25)16-3-1-2-4-19(16)26-12-13-5-7-14(22)8-6-13/h1-11H,12H2,(H,24,25). The molecule has 0 bridgehead atoms. The summed E-state index contributed by atoms with van der Waals surface area (Å²) in [5.74, 6) is -0.887. The van der Waals surface area contributed by atoms with Crippen molar-refractivity contribution in [2.75, 3.05) is 5.32 Å². The Balaban J connectivity index is 1.75. The SMILES string of the molecule is O=C(Nc1ccc(F)cc1Cl)c1ccccc1OCc1ccc(F)cc1. The second kappa shape index (κ2) is 7.97. The number of para-hydroxylation sites is 1. The molecule has 1 amide bonds. The van der Waals surface area contributed by atoms with Gasteiger partial charge in [0.05, 0.1) is 16.3 Å². The number of hydrogen-bond acceptors (Lipinski definition) is 2. The summed E-state index contributed by atoms with van der Waals surface area (Å²) in [5, 5.41) is 2.73. The van der Waals surface area contributed by atoms with Gasteiger partial charge in [-0.2, -0.15) is 0 Å². The van der Waals surface area contributed by atoms with Crippen molar-refractivity contribution >= 4 is 23.2 Å². The molecule has 0 heterocycles. The normalized spacial score (nSPS) is 10.4. The molecule has 3 rings (SSSR count). The van der Waals surface area contributed by atoms with E-state index in [4.69, 9.17) is 16.3 Å². The van der Waals surface area contributed by atoms with E-state index in [-0.39, 0.29) is 17.4 Å². The molecule has 0 aliphatic carbocycles. The largest absolute Gasteiger partial charge is 0.488 e. The average Bonchev–Trinajstić information content (AvgIpc) is 2.64. The summed E-state index contributed by atoms with van der Waals surface area (Å²) in [6.45, 7) is 0.182. The van der Waals surface area contributed by atoms with Gasteiger partial charge in [0.15, 0.2) is 0 Å². The third-order valence-electron chi connectivity index (χ3n) is 3.62. The third-order valence-corrected chi connectivity index (χ3v) is 3.93. The molecule has 0 aliphatic rings. The highest BCUT2D eigenvalue weighted by Gasteiger charge is 2.14. The van der Waals surface area contributed by atoms with Crippen LogP contribution in [0.15, 0.2) is 66.7 Å². The van der Waals surface area contributed by atoms with E-state index >= 15 is 0 Å². The minimum Gasteiger partial charge on any atom is -0.488 e. The molecule has 1 N–H and O–H groups in total. The van der Waals surface area contributed by atoms with Gasteiger partial charge in [0.25, 0.3) is 5.91 Å². The quantitative estimate of drug-likeness (QED) is 0.645. The highest BCUT2D eigenvalue weighted by atomic mass is 35.5. The minimum atomic E-state index is -0.490. The van der Waals surface area contributed by atoms with E-state index in [1.807, 2.05) is 0 Å². The lowest BCUT2D eigenvalue weighted by molar-refractivity contribution is 0.102. The summed E-state index contributed by atoms with van der Waals surface area (Å²) in [7, 11) is 0. The molecule has 3 aromatic rings. The van der Waals surface area contributed by atoms with Crippen molar-refractivity contribution in [3.8, 4) is 5.75 Å². The topological polar surface area (TPSA) is 38.3 Å². The Kier molecular flexibility index (Phi) is 5.49. The predicted molar refractivity (Wildman–Crippen MR) is 96.5 cm³/mol. The number of amides is 1. The molecule has 3 nitrogen and oxygen atoms in total. The van der Waals surface area contributed by atoms with Crippen molar-refractivity contribution in [2.45, 2.75) is 6.61 Å². The third kappa shape index (κ3) is 4.37. The maximum Gasteiger partial charge on any atom is 0.259 e. The van der Waals surface area contributed by atoms with Gasteiger partial charge in [0.1, 0.15) is 24.0 Å². The summed E-state index contributed by atoms with van der Waals surface area (Å²) >= 11 is 5.94. The van der Waals surface area contributed by atoms with Crippen molar-refractivity contribution in [1.82, 2.24) is 0 Å². The zero-order chi connectivity index (χ0) is 18.5. The van der Waals surface area contributed by atoms with E-state index in [0.29, 0.717) is 17.0 Å². The van der Waals surface area contributed by atoms with Gasteiger partial charge in [-0.1, -0.05) is 35.9 Å². The summed E-state index contributed by atoms with van der Waals surface area (Å²) in [5.41, 5.74) is 1.37. The number of benzene rings is 3. The molecule has 3 aromatic carbocycles. The summed E-state index contributed by atoms with van der Waals surface area (Å²) in [6, 6.07) is 16.3. The lowest BCUT2D eigenvalue weighted by atomic mass is 10.1. The molecule has 0 unspecified atom stereocenters. The van der Waals surface area contributed by atoms with Crippen molar-refractivity contribution in [1.29, 1.82) is 0 Å². The van der Waals surface area contributed by atoms with Crippen LogP contribution in [0.2, 0.25) is 5.02 Å². The molecule has 6 heteroatoms. The maximum atomic E-state index is 13.1. The molecule has 0 spiro atoms. The van der Waals surface area contributed by atoms with Crippen molar-refractivity contribution in [3.05, 3.63) is 94.5 Å². The Hall–Kier alpha value is -2.92. The smallest absolute Gasteiger partial charge is 0.259 e. The van der Waals surface area contributed by atoms with E-state index in [1.165, 1.54) is 24.3 Å². The number of ether oxygens (including phenoxy) is 1. The van der Waals surface area contributed by atoms with Crippen molar-refractivity contribution < 1.29 is 18.3 Å². The van der Waals surface area contributed by atoms with E-state index < -0.39 is 11.7 Å². The fourth-order valence-electron chi connectivity index (χ4n) is 2.30. The molecule has 0 aliphatic heterocycles.